The van der Waals surface area contributed by atoms with Crippen LogP contribution in [0.5, 0.6) is 0 Å². The lowest BCUT2D eigenvalue weighted by Crippen LogP contribution is -2.64. The highest BCUT2D eigenvalue weighted by molar-refractivity contribution is 7.89. The molecule has 10 atom stereocenters. The molecule has 0 radical (unpaired) electrons. The fourth-order valence-electron chi connectivity index (χ4n) is 2.65. The number of aliphatic hydroxyl groups excluding tert-OH is 7. The van der Waals surface area contributed by atoms with E-state index in [9.17, 15) is 35.7 Å². The van der Waals surface area contributed by atoms with Crippen LogP contribution in [-0.4, -0.2) is 116 Å². The first-order valence-electron chi connectivity index (χ1n) is 7.74. The molecule has 0 spiro atoms. The van der Waals surface area contributed by atoms with Crippen molar-refractivity contribution in [3.8, 4) is 0 Å². The first-order chi connectivity index (χ1) is 12.8. The Morgan fingerprint density at radius 1 is 0.741 bits per heavy atom. The van der Waals surface area contributed by atoms with E-state index in [1.165, 1.54) is 0 Å². The lowest BCUT2D eigenvalue weighted by Gasteiger charge is -2.45. The second kappa shape index (κ2) is 10.5. The lowest BCUT2D eigenvalue weighted by molar-refractivity contribution is -0.435. The number of rotatable bonds is 8. The Hall–Kier alpha value is -0.210. The van der Waals surface area contributed by atoms with Gasteiger partial charge in [0.05, 0.1) is 13.2 Å². The Labute approximate surface area is 156 Å². The molecule has 2 rings (SSSR count). The molecule has 0 aromatic heterocycles. The van der Waals surface area contributed by atoms with Gasteiger partial charge >= 0.3 is 0 Å². The van der Waals surface area contributed by atoms with Gasteiger partial charge in [-0.2, -0.15) is 0 Å². The van der Waals surface area contributed by atoms with Crippen LogP contribution in [0.1, 0.15) is 0 Å². The fraction of sp³-hybridized carbons (Fsp3) is 1.00. The molecule has 8 N–H and O–H groups in total. The summed E-state index contributed by atoms with van der Waals surface area (Å²) in [7, 11) is 0. The molecular weight excluding hydrogens is 400 g/mol. The van der Waals surface area contributed by atoms with E-state index in [0.29, 0.717) is 0 Å². The molecule has 2 aliphatic rings. The van der Waals surface area contributed by atoms with Gasteiger partial charge in [-0.25, -0.2) is 5.26 Å². The summed E-state index contributed by atoms with van der Waals surface area (Å²) >= 11 is 0.0484. The van der Waals surface area contributed by atoms with Gasteiger partial charge in [-0.3, -0.25) is 4.18 Å². The van der Waals surface area contributed by atoms with Crippen LogP contribution in [0.2, 0.25) is 0 Å². The molecule has 2 fully saturated rings. The van der Waals surface area contributed by atoms with Crippen LogP contribution >= 0.6 is 12.3 Å². The molecule has 0 aromatic rings. The van der Waals surface area contributed by atoms with Crippen molar-refractivity contribution >= 4 is 12.3 Å². The SMILES string of the molecule is OCC1OC(OC2OC(CO)C(O)C(O)C2OSOOO)C(O)C(O)C1O. The van der Waals surface area contributed by atoms with Crippen LogP contribution in [0.3, 0.4) is 0 Å². The maximum Gasteiger partial charge on any atom is 0.198 e. The second-order valence-electron chi connectivity index (χ2n) is 5.81. The van der Waals surface area contributed by atoms with Gasteiger partial charge in [-0.15, -0.1) is 4.33 Å². The van der Waals surface area contributed by atoms with E-state index < -0.39 is 74.6 Å². The minimum atomic E-state index is -1.77. The molecule has 14 nitrogen and oxygen atoms in total. The van der Waals surface area contributed by atoms with Gasteiger partial charge in [0.15, 0.2) is 31.0 Å². The zero-order chi connectivity index (χ0) is 20.1. The molecule has 0 saturated carbocycles. The molecule has 160 valence electrons. The van der Waals surface area contributed by atoms with Crippen molar-refractivity contribution in [1.29, 1.82) is 0 Å². The summed E-state index contributed by atoms with van der Waals surface area (Å²) < 4.78 is 24.7. The van der Waals surface area contributed by atoms with Gasteiger partial charge in [-0.05, 0) is 0 Å². The molecular formula is C12H22O14S. The van der Waals surface area contributed by atoms with Crippen molar-refractivity contribution in [2.75, 3.05) is 13.2 Å². The predicted octanol–water partition coefficient (Wildman–Crippen LogP) is -4.39. The molecule has 0 amide bonds. The first-order valence-corrected chi connectivity index (χ1v) is 8.41. The average Bonchev–Trinajstić information content (AvgIpc) is 2.67. The minimum absolute atomic E-state index is 0.0484. The van der Waals surface area contributed by atoms with E-state index in [2.05, 4.69) is 9.37 Å². The fourth-order valence-corrected chi connectivity index (χ4v) is 3.01. The van der Waals surface area contributed by atoms with Crippen LogP contribution in [0, 0.1) is 0 Å². The number of hydrogen-bond acceptors (Lipinski definition) is 15. The highest BCUT2D eigenvalue weighted by Gasteiger charge is 2.50. The topological polar surface area (TPSA) is 217 Å². The van der Waals surface area contributed by atoms with Crippen LogP contribution < -0.4 is 0 Å². The Morgan fingerprint density at radius 2 is 1.30 bits per heavy atom. The van der Waals surface area contributed by atoms with Crippen molar-refractivity contribution in [3.05, 3.63) is 0 Å². The summed E-state index contributed by atoms with van der Waals surface area (Å²) in [5, 5.41) is 79.5. The minimum Gasteiger partial charge on any atom is -0.394 e. The normalized spacial score (nSPS) is 45.8. The Kier molecular flexibility index (Phi) is 9.00. The summed E-state index contributed by atoms with van der Waals surface area (Å²) in [4.78, 5) is 0. The van der Waals surface area contributed by atoms with Crippen molar-refractivity contribution in [2.45, 2.75) is 61.4 Å². The Morgan fingerprint density at radius 3 is 1.85 bits per heavy atom. The third-order valence-corrected chi connectivity index (χ3v) is 4.57. The monoisotopic (exact) mass is 422 g/mol. The zero-order valence-corrected chi connectivity index (χ0v) is 14.4. The molecule has 10 unspecified atom stereocenters. The Balaban J connectivity index is 2.13. The van der Waals surface area contributed by atoms with Gasteiger partial charge in [0.25, 0.3) is 0 Å². The molecule has 27 heavy (non-hydrogen) atoms. The van der Waals surface area contributed by atoms with E-state index in [0.717, 1.165) is 0 Å². The van der Waals surface area contributed by atoms with Gasteiger partial charge in [0.1, 0.15) is 42.7 Å². The van der Waals surface area contributed by atoms with Crippen molar-refractivity contribution in [2.24, 2.45) is 0 Å². The average molecular weight is 422 g/mol. The standard InChI is InChI=1S/C12H22O14S/c13-1-3-5(15)7(17)9(19)11(21-3)23-12-10(24-27-26-25-20)8(18)6(16)4(2-14)22-12/h3-20H,1-2H2. The van der Waals surface area contributed by atoms with Gasteiger partial charge in [0, 0.05) is 0 Å². The third kappa shape index (κ3) is 5.24. The largest absolute Gasteiger partial charge is 0.394 e. The third-order valence-electron chi connectivity index (χ3n) is 4.15. The van der Waals surface area contributed by atoms with Crippen LogP contribution in [0.25, 0.3) is 0 Å². The van der Waals surface area contributed by atoms with Crippen LogP contribution in [0.4, 0.5) is 0 Å². The van der Waals surface area contributed by atoms with Crippen molar-refractivity contribution in [3.63, 3.8) is 0 Å². The number of aliphatic hydroxyl groups is 7. The second-order valence-corrected chi connectivity index (χ2v) is 6.28. The van der Waals surface area contributed by atoms with E-state index in [1.807, 2.05) is 0 Å². The first kappa shape index (κ1) is 23.1. The summed E-state index contributed by atoms with van der Waals surface area (Å²) in [6.07, 6.45) is -15.7. The molecule has 15 heteroatoms. The maximum absolute atomic E-state index is 10.1. The summed E-state index contributed by atoms with van der Waals surface area (Å²) in [5.41, 5.74) is 0. The quantitative estimate of drug-likeness (QED) is 0.0801. The molecule has 2 saturated heterocycles. The highest BCUT2D eigenvalue weighted by Crippen LogP contribution is 2.31. The Bertz CT molecular complexity index is 442. The predicted molar refractivity (Wildman–Crippen MR) is 79.9 cm³/mol. The number of hydrogen-bond donors (Lipinski definition) is 8. The van der Waals surface area contributed by atoms with Crippen molar-refractivity contribution < 1.29 is 68.8 Å². The van der Waals surface area contributed by atoms with E-state index in [4.69, 9.17) is 23.7 Å². The summed E-state index contributed by atoms with van der Waals surface area (Å²) in [5.74, 6) is 0. The molecule has 2 heterocycles. The van der Waals surface area contributed by atoms with E-state index in [1.54, 1.807) is 0 Å². The van der Waals surface area contributed by atoms with Crippen LogP contribution in [0.15, 0.2) is 0 Å². The van der Waals surface area contributed by atoms with Crippen molar-refractivity contribution in [1.82, 2.24) is 0 Å². The van der Waals surface area contributed by atoms with E-state index >= 15 is 0 Å². The van der Waals surface area contributed by atoms with Gasteiger partial charge in [-0.1, -0.05) is 5.04 Å². The van der Waals surface area contributed by atoms with E-state index in [-0.39, 0.29) is 12.3 Å². The highest BCUT2D eigenvalue weighted by atomic mass is 32.2. The molecule has 0 aliphatic carbocycles. The molecule has 0 bridgehead atoms. The molecule has 0 aromatic carbocycles. The maximum atomic E-state index is 10.1. The summed E-state index contributed by atoms with van der Waals surface area (Å²) in [6, 6.07) is 0. The summed E-state index contributed by atoms with van der Waals surface area (Å²) in [6.45, 7) is -1.41. The smallest absolute Gasteiger partial charge is 0.198 e. The number of ether oxygens (including phenoxy) is 3. The zero-order valence-electron chi connectivity index (χ0n) is 13.6. The lowest BCUT2D eigenvalue weighted by atomic mass is 9.98. The van der Waals surface area contributed by atoms with Crippen LogP contribution in [-0.2, 0) is 27.8 Å². The van der Waals surface area contributed by atoms with Gasteiger partial charge < -0.3 is 50.0 Å². The molecule has 2 aliphatic heterocycles. The van der Waals surface area contributed by atoms with Gasteiger partial charge in [0.2, 0.25) is 0 Å².